The average Bonchev–Trinajstić information content (AvgIpc) is 3.34. The molecule has 3 heterocycles. The van der Waals surface area contributed by atoms with Crippen LogP contribution in [0, 0.1) is 19.7 Å². The molecule has 5 rings (SSSR count). The number of primary amides is 1. The molecular weight excluding hydrogens is 441 g/mol. The van der Waals surface area contributed by atoms with Gasteiger partial charge >= 0.3 is 0 Å². The number of aromatic nitrogens is 3. The summed E-state index contributed by atoms with van der Waals surface area (Å²) in [6.07, 6.45) is 0.247. The maximum atomic E-state index is 13.7. The van der Waals surface area contributed by atoms with Gasteiger partial charge in [0.1, 0.15) is 11.5 Å². The number of amides is 2. The van der Waals surface area contributed by atoms with E-state index in [0.29, 0.717) is 35.6 Å². The van der Waals surface area contributed by atoms with Crippen molar-refractivity contribution in [2.75, 3.05) is 6.54 Å². The van der Waals surface area contributed by atoms with Crippen LogP contribution in [-0.4, -0.2) is 38.0 Å². The topological polar surface area (TPSA) is 94.1 Å². The summed E-state index contributed by atoms with van der Waals surface area (Å²) in [5.74, 6) is -0.985. The van der Waals surface area contributed by atoms with Crippen LogP contribution in [0.1, 0.15) is 32.2 Å². The number of nitrogens with zero attached hydrogens (tertiary/aromatic N) is 4. The highest BCUT2D eigenvalue weighted by Crippen LogP contribution is 2.30. The molecule has 0 saturated carbocycles. The van der Waals surface area contributed by atoms with Crippen LogP contribution >= 0.6 is 11.3 Å². The normalized spacial score (nSPS) is 13.4. The Kier molecular flexibility index (Phi) is 5.20. The number of carbonyl (C=O) groups excluding carboxylic acids is 2. The number of fused-ring (bicyclic) bond motifs is 2. The Morgan fingerprint density at radius 2 is 1.97 bits per heavy atom. The molecule has 7 nitrogen and oxygen atoms in total. The van der Waals surface area contributed by atoms with Crippen molar-refractivity contribution in [3.8, 4) is 11.3 Å². The van der Waals surface area contributed by atoms with Crippen molar-refractivity contribution in [3.63, 3.8) is 0 Å². The van der Waals surface area contributed by atoms with Crippen molar-refractivity contribution in [1.29, 1.82) is 0 Å². The summed E-state index contributed by atoms with van der Waals surface area (Å²) < 4.78 is 16.6. The van der Waals surface area contributed by atoms with Crippen molar-refractivity contribution >= 4 is 33.4 Å². The minimum absolute atomic E-state index is 0.0386. The van der Waals surface area contributed by atoms with Crippen molar-refractivity contribution in [2.45, 2.75) is 33.4 Å². The van der Waals surface area contributed by atoms with Gasteiger partial charge in [0.2, 0.25) is 5.91 Å². The Balaban J connectivity index is 1.42. The van der Waals surface area contributed by atoms with Crippen LogP contribution in [0.3, 0.4) is 0 Å². The fourth-order valence-electron chi connectivity index (χ4n) is 4.27. The molecule has 9 heteroatoms. The molecule has 0 aliphatic carbocycles. The molecule has 2 aromatic heterocycles. The number of aryl methyl sites for hydroxylation is 2. The standard InChI is InChI=1S/C24H22FN5O2S/c1-13-9-16(4-5-17(13)25)23-22(24(26)32)19-12-29(7-8-30(19)28-23)21(31)11-15-3-6-20-18(10-15)27-14(2)33-20/h3-6,9-10H,7-8,11-12H2,1-2H3,(H2,26,32). The van der Waals surface area contributed by atoms with Crippen LogP contribution in [0.5, 0.6) is 0 Å². The third-order valence-corrected chi connectivity index (χ3v) is 6.88. The van der Waals surface area contributed by atoms with E-state index in [4.69, 9.17) is 5.73 Å². The minimum Gasteiger partial charge on any atom is -0.365 e. The van der Waals surface area contributed by atoms with Gasteiger partial charge in [-0.05, 0) is 55.3 Å². The lowest BCUT2D eigenvalue weighted by Gasteiger charge is -2.28. The van der Waals surface area contributed by atoms with Crippen molar-refractivity contribution < 1.29 is 14.0 Å². The number of hydrogen-bond donors (Lipinski definition) is 1. The van der Waals surface area contributed by atoms with E-state index in [2.05, 4.69) is 10.1 Å². The van der Waals surface area contributed by atoms with E-state index < -0.39 is 5.91 Å². The van der Waals surface area contributed by atoms with Gasteiger partial charge in [0.25, 0.3) is 5.91 Å². The van der Waals surface area contributed by atoms with E-state index in [-0.39, 0.29) is 30.3 Å². The molecule has 33 heavy (non-hydrogen) atoms. The lowest BCUT2D eigenvalue weighted by molar-refractivity contribution is -0.132. The van der Waals surface area contributed by atoms with Crippen LogP contribution in [0.2, 0.25) is 0 Å². The van der Waals surface area contributed by atoms with Crippen molar-refractivity contribution in [2.24, 2.45) is 5.73 Å². The molecule has 168 valence electrons. The summed E-state index contributed by atoms with van der Waals surface area (Å²) in [6, 6.07) is 10.5. The summed E-state index contributed by atoms with van der Waals surface area (Å²) in [6.45, 7) is 4.79. The number of nitrogens with two attached hydrogens (primary N) is 1. The van der Waals surface area contributed by atoms with Crippen LogP contribution in [-0.2, 0) is 24.3 Å². The zero-order valence-electron chi connectivity index (χ0n) is 18.3. The van der Waals surface area contributed by atoms with Crippen LogP contribution in [0.4, 0.5) is 4.39 Å². The van der Waals surface area contributed by atoms with Crippen LogP contribution < -0.4 is 5.73 Å². The molecule has 0 bridgehead atoms. The maximum absolute atomic E-state index is 13.7. The van der Waals surface area contributed by atoms with Crippen molar-refractivity contribution in [1.82, 2.24) is 19.7 Å². The molecule has 0 saturated heterocycles. The fraction of sp³-hybridized carbons (Fsp3) is 0.250. The predicted molar refractivity (Wildman–Crippen MR) is 124 cm³/mol. The van der Waals surface area contributed by atoms with Gasteiger partial charge < -0.3 is 10.6 Å². The smallest absolute Gasteiger partial charge is 0.252 e. The third kappa shape index (κ3) is 3.89. The molecule has 0 unspecified atom stereocenters. The van der Waals surface area contributed by atoms with Gasteiger partial charge in [-0.2, -0.15) is 5.10 Å². The Labute approximate surface area is 193 Å². The molecule has 0 radical (unpaired) electrons. The summed E-state index contributed by atoms with van der Waals surface area (Å²) in [7, 11) is 0. The highest BCUT2D eigenvalue weighted by molar-refractivity contribution is 7.18. The second kappa shape index (κ2) is 8.08. The average molecular weight is 464 g/mol. The van der Waals surface area contributed by atoms with E-state index in [1.165, 1.54) is 6.07 Å². The highest BCUT2D eigenvalue weighted by atomic mass is 32.1. The number of rotatable bonds is 4. The van der Waals surface area contributed by atoms with Gasteiger partial charge in [-0.15, -0.1) is 11.3 Å². The van der Waals surface area contributed by atoms with Gasteiger partial charge in [-0.3, -0.25) is 14.3 Å². The first-order chi connectivity index (χ1) is 15.8. The second-order valence-electron chi connectivity index (χ2n) is 8.25. The number of benzene rings is 2. The summed E-state index contributed by atoms with van der Waals surface area (Å²) in [5, 5.41) is 5.57. The monoisotopic (exact) mass is 463 g/mol. The van der Waals surface area contributed by atoms with E-state index in [0.717, 1.165) is 20.8 Å². The van der Waals surface area contributed by atoms with E-state index in [1.807, 2.05) is 25.1 Å². The lowest BCUT2D eigenvalue weighted by Crippen LogP contribution is -2.40. The summed E-state index contributed by atoms with van der Waals surface area (Å²) >= 11 is 1.63. The number of thiazole rings is 1. The molecule has 0 fully saturated rings. The second-order valence-corrected chi connectivity index (χ2v) is 9.48. The predicted octanol–water partition coefficient (Wildman–Crippen LogP) is 3.60. The highest BCUT2D eigenvalue weighted by Gasteiger charge is 2.29. The Bertz CT molecular complexity index is 1420. The molecule has 2 amide bonds. The minimum atomic E-state index is -0.619. The molecule has 1 aliphatic rings. The van der Waals surface area contributed by atoms with E-state index >= 15 is 0 Å². The van der Waals surface area contributed by atoms with Gasteiger partial charge in [0.15, 0.2) is 0 Å². The van der Waals surface area contributed by atoms with Crippen LogP contribution in [0.25, 0.3) is 21.5 Å². The quantitative estimate of drug-likeness (QED) is 0.500. The van der Waals surface area contributed by atoms with Gasteiger partial charge in [-0.1, -0.05) is 6.07 Å². The Morgan fingerprint density at radius 1 is 1.15 bits per heavy atom. The third-order valence-electron chi connectivity index (χ3n) is 5.92. The van der Waals surface area contributed by atoms with E-state index in [1.54, 1.807) is 40.0 Å². The Hall–Kier alpha value is -3.59. The first-order valence-electron chi connectivity index (χ1n) is 10.6. The molecular formula is C24H22FN5O2S. The largest absolute Gasteiger partial charge is 0.365 e. The molecule has 2 aromatic carbocycles. The summed E-state index contributed by atoms with van der Waals surface area (Å²) in [4.78, 5) is 31.7. The first kappa shape index (κ1) is 21.3. The number of hydrogen-bond acceptors (Lipinski definition) is 5. The van der Waals surface area contributed by atoms with Crippen molar-refractivity contribution in [3.05, 3.63) is 69.6 Å². The fourth-order valence-corrected chi connectivity index (χ4v) is 5.08. The molecule has 4 aromatic rings. The number of halogens is 1. The molecule has 0 spiro atoms. The SMILES string of the molecule is Cc1nc2cc(CC(=O)N3CCn4nc(-c5ccc(F)c(C)c5)c(C(N)=O)c4C3)ccc2s1. The molecule has 2 N–H and O–H groups in total. The lowest BCUT2D eigenvalue weighted by atomic mass is 10.0. The van der Waals surface area contributed by atoms with Crippen LogP contribution in [0.15, 0.2) is 36.4 Å². The summed E-state index contributed by atoms with van der Waals surface area (Å²) in [5.41, 5.74) is 9.88. The zero-order chi connectivity index (χ0) is 23.3. The van der Waals surface area contributed by atoms with Gasteiger partial charge in [0.05, 0.1) is 46.0 Å². The van der Waals surface area contributed by atoms with E-state index in [9.17, 15) is 14.0 Å². The molecule has 1 aliphatic heterocycles. The number of carbonyl (C=O) groups is 2. The van der Waals surface area contributed by atoms with Gasteiger partial charge in [-0.25, -0.2) is 9.37 Å². The Morgan fingerprint density at radius 3 is 2.73 bits per heavy atom. The molecule has 0 atom stereocenters. The maximum Gasteiger partial charge on any atom is 0.252 e. The zero-order valence-corrected chi connectivity index (χ0v) is 19.1. The van der Waals surface area contributed by atoms with Gasteiger partial charge in [0, 0.05) is 12.1 Å². The first-order valence-corrected chi connectivity index (χ1v) is 11.4.